The molecule has 3 aromatic carbocycles. The first-order valence-corrected chi connectivity index (χ1v) is 11.2. The van der Waals surface area contributed by atoms with Crippen molar-refractivity contribution in [1.29, 1.82) is 0 Å². The number of benzene rings is 3. The zero-order valence-corrected chi connectivity index (χ0v) is 19.3. The normalized spacial score (nSPS) is 15.6. The number of amides is 3. The largest absolute Gasteiger partial charge is 0.480 e. The lowest BCUT2D eigenvalue weighted by Crippen LogP contribution is -2.42. The number of anilines is 2. The van der Waals surface area contributed by atoms with Crippen molar-refractivity contribution in [3.05, 3.63) is 83.4 Å². The summed E-state index contributed by atoms with van der Waals surface area (Å²) in [5, 5.41) is 15.1. The molecule has 0 radical (unpaired) electrons. The molecule has 174 valence electrons. The highest BCUT2D eigenvalue weighted by Gasteiger charge is 2.40. The smallest absolute Gasteiger partial charge is 0.326 e. The first-order chi connectivity index (χ1) is 16.3. The summed E-state index contributed by atoms with van der Waals surface area (Å²) in [6.45, 7) is 5.61. The number of aliphatic carboxylic acids is 1. The molecular weight excluding hydrogens is 430 g/mol. The quantitative estimate of drug-likeness (QED) is 0.443. The van der Waals surface area contributed by atoms with Crippen LogP contribution in [-0.4, -0.2) is 34.0 Å². The maximum absolute atomic E-state index is 12.9. The van der Waals surface area contributed by atoms with E-state index in [1.54, 1.807) is 13.0 Å². The minimum Gasteiger partial charge on any atom is -0.480 e. The number of hydrogen-bond donors (Lipinski definition) is 3. The van der Waals surface area contributed by atoms with Crippen LogP contribution in [0.15, 0.2) is 66.7 Å². The Morgan fingerprint density at radius 3 is 2.06 bits per heavy atom. The van der Waals surface area contributed by atoms with Crippen LogP contribution >= 0.6 is 0 Å². The fraction of sp³-hybridized carbons (Fsp3) is 0.222. The van der Waals surface area contributed by atoms with Gasteiger partial charge in [-0.3, -0.25) is 4.79 Å². The Labute approximate surface area is 198 Å². The zero-order valence-electron chi connectivity index (χ0n) is 19.3. The Morgan fingerprint density at radius 2 is 1.50 bits per heavy atom. The predicted octanol–water partition coefficient (Wildman–Crippen LogP) is 5.69. The molecule has 4 rings (SSSR count). The van der Waals surface area contributed by atoms with E-state index in [4.69, 9.17) is 0 Å². The van der Waals surface area contributed by atoms with Gasteiger partial charge in [-0.15, -0.1) is 0 Å². The zero-order chi connectivity index (χ0) is 24.4. The fourth-order valence-electron chi connectivity index (χ4n) is 4.33. The molecule has 2 unspecified atom stereocenters. The molecule has 0 fully saturated rings. The van der Waals surface area contributed by atoms with Gasteiger partial charge in [-0.05, 0) is 73.4 Å². The maximum Gasteiger partial charge on any atom is 0.326 e. The van der Waals surface area contributed by atoms with E-state index in [1.165, 1.54) is 4.90 Å². The fourth-order valence-corrected chi connectivity index (χ4v) is 4.33. The van der Waals surface area contributed by atoms with Gasteiger partial charge in [0, 0.05) is 16.9 Å². The molecule has 1 aliphatic heterocycles. The average molecular weight is 458 g/mol. The van der Waals surface area contributed by atoms with Crippen molar-refractivity contribution in [3.63, 3.8) is 0 Å². The van der Waals surface area contributed by atoms with Gasteiger partial charge in [-0.2, -0.15) is 0 Å². The number of carbonyl (C=O) groups is 3. The van der Waals surface area contributed by atoms with Crippen LogP contribution in [0.3, 0.4) is 0 Å². The van der Waals surface area contributed by atoms with Crippen LogP contribution in [0.5, 0.6) is 0 Å². The number of hydrogen-bond acceptors (Lipinski definition) is 3. The van der Waals surface area contributed by atoms with Crippen LogP contribution in [0.25, 0.3) is 11.1 Å². The maximum atomic E-state index is 12.9. The third kappa shape index (κ3) is 4.50. The molecule has 0 saturated carbocycles. The van der Waals surface area contributed by atoms with E-state index in [9.17, 15) is 19.5 Å². The van der Waals surface area contributed by atoms with Crippen LogP contribution in [0, 0.1) is 6.92 Å². The third-order valence-corrected chi connectivity index (χ3v) is 6.18. The highest BCUT2D eigenvalue weighted by atomic mass is 16.4. The van der Waals surface area contributed by atoms with Crippen LogP contribution in [-0.2, 0) is 4.79 Å². The second-order valence-electron chi connectivity index (χ2n) is 8.48. The molecule has 1 heterocycles. The molecule has 7 heteroatoms. The highest BCUT2D eigenvalue weighted by molar-refractivity contribution is 6.02. The summed E-state index contributed by atoms with van der Waals surface area (Å²) >= 11 is 0. The van der Waals surface area contributed by atoms with Crippen molar-refractivity contribution < 1.29 is 19.5 Å². The van der Waals surface area contributed by atoms with Gasteiger partial charge in [0.2, 0.25) is 0 Å². The molecular formula is C27H27N3O4. The Kier molecular flexibility index (Phi) is 6.36. The predicted molar refractivity (Wildman–Crippen MR) is 132 cm³/mol. The number of urea groups is 1. The lowest BCUT2D eigenvalue weighted by Gasteiger charge is -2.28. The van der Waals surface area contributed by atoms with E-state index in [2.05, 4.69) is 10.6 Å². The molecule has 0 saturated heterocycles. The number of rotatable bonds is 6. The highest BCUT2D eigenvalue weighted by Crippen LogP contribution is 2.38. The number of carbonyl (C=O) groups excluding carboxylic acids is 2. The van der Waals surface area contributed by atoms with E-state index in [0.717, 1.165) is 22.3 Å². The topological polar surface area (TPSA) is 98.7 Å². The minimum atomic E-state index is -0.995. The number of nitrogens with zero attached hydrogens (tertiary/aromatic N) is 1. The Balaban J connectivity index is 1.48. The van der Waals surface area contributed by atoms with Crippen molar-refractivity contribution in [3.8, 4) is 11.1 Å². The van der Waals surface area contributed by atoms with E-state index in [0.29, 0.717) is 23.4 Å². The van der Waals surface area contributed by atoms with Crippen molar-refractivity contribution in [2.24, 2.45) is 0 Å². The Bertz CT molecular complexity index is 1240. The van der Waals surface area contributed by atoms with Gasteiger partial charge in [0.1, 0.15) is 6.04 Å². The van der Waals surface area contributed by atoms with Crippen LogP contribution in [0.4, 0.5) is 16.2 Å². The third-order valence-electron chi connectivity index (χ3n) is 6.18. The molecule has 3 N–H and O–H groups in total. The molecule has 0 spiro atoms. The van der Waals surface area contributed by atoms with Crippen molar-refractivity contribution in [2.45, 2.75) is 39.3 Å². The first-order valence-electron chi connectivity index (χ1n) is 11.2. The molecule has 0 bridgehead atoms. The van der Waals surface area contributed by atoms with E-state index >= 15 is 0 Å². The molecule has 3 aromatic rings. The molecule has 7 nitrogen and oxygen atoms in total. The van der Waals surface area contributed by atoms with E-state index in [-0.39, 0.29) is 18.0 Å². The lowest BCUT2D eigenvalue weighted by molar-refractivity contribution is -0.143. The summed E-state index contributed by atoms with van der Waals surface area (Å²) in [6, 6.07) is 19.0. The number of carboxylic acid groups (broad SMARTS) is 1. The number of fused-ring (bicyclic) bond motifs is 1. The number of nitrogens with one attached hydrogen (secondary N) is 2. The second-order valence-corrected chi connectivity index (χ2v) is 8.48. The summed E-state index contributed by atoms with van der Waals surface area (Å²) in [4.78, 5) is 38.2. The molecule has 2 atom stereocenters. The summed E-state index contributed by atoms with van der Waals surface area (Å²) in [5.74, 6) is -1.24. The number of aryl methyl sites for hydroxylation is 1. The standard InChI is InChI=1S/C27H27N3O4/c1-4-24(26(32)33)30-17(3)23-15-19(9-14-22(23)25(30)31)18-7-12-21(13-8-18)29-27(34)28-20-10-5-16(2)6-11-20/h5-15,17,24H,4H2,1-3H3,(H,32,33)(H2,28,29,34). The van der Waals surface area contributed by atoms with Gasteiger partial charge in [0.15, 0.2) is 0 Å². The first kappa shape index (κ1) is 23.0. The summed E-state index contributed by atoms with van der Waals surface area (Å²) in [5.41, 5.74) is 5.69. The van der Waals surface area contributed by atoms with Gasteiger partial charge in [0.05, 0.1) is 6.04 Å². The van der Waals surface area contributed by atoms with Gasteiger partial charge in [-0.1, -0.05) is 42.8 Å². The summed E-state index contributed by atoms with van der Waals surface area (Å²) < 4.78 is 0. The lowest BCUT2D eigenvalue weighted by atomic mass is 9.98. The monoisotopic (exact) mass is 457 g/mol. The second kappa shape index (κ2) is 9.39. The summed E-state index contributed by atoms with van der Waals surface area (Å²) in [6.07, 6.45) is 0.345. The van der Waals surface area contributed by atoms with Crippen molar-refractivity contribution in [1.82, 2.24) is 4.90 Å². The average Bonchev–Trinajstić information content (AvgIpc) is 3.06. The van der Waals surface area contributed by atoms with Crippen molar-refractivity contribution >= 4 is 29.3 Å². The molecule has 34 heavy (non-hydrogen) atoms. The van der Waals surface area contributed by atoms with Crippen LogP contribution < -0.4 is 10.6 Å². The van der Waals surface area contributed by atoms with Crippen molar-refractivity contribution in [2.75, 3.05) is 10.6 Å². The molecule has 1 aliphatic rings. The van der Waals surface area contributed by atoms with Crippen LogP contribution in [0.2, 0.25) is 0 Å². The van der Waals surface area contributed by atoms with Gasteiger partial charge in [-0.25, -0.2) is 9.59 Å². The van der Waals surface area contributed by atoms with E-state index in [1.807, 2.05) is 74.5 Å². The van der Waals surface area contributed by atoms with Crippen LogP contribution in [0.1, 0.15) is 47.8 Å². The molecule has 0 aromatic heterocycles. The minimum absolute atomic E-state index is 0.248. The molecule has 0 aliphatic carbocycles. The Morgan fingerprint density at radius 1 is 0.941 bits per heavy atom. The van der Waals surface area contributed by atoms with Gasteiger partial charge in [0.25, 0.3) is 5.91 Å². The molecule has 3 amide bonds. The van der Waals surface area contributed by atoms with Gasteiger partial charge >= 0.3 is 12.0 Å². The van der Waals surface area contributed by atoms with Gasteiger partial charge < -0.3 is 20.6 Å². The SMILES string of the molecule is CCC(C(=O)O)N1C(=O)c2ccc(-c3ccc(NC(=O)Nc4ccc(C)cc4)cc3)cc2C1C. The number of carboxylic acids is 1. The Hall–Kier alpha value is -4.13. The summed E-state index contributed by atoms with van der Waals surface area (Å²) in [7, 11) is 0. The van der Waals surface area contributed by atoms with E-state index < -0.39 is 12.0 Å².